The second kappa shape index (κ2) is 8.75. The normalized spacial score (nSPS) is 10.5. The first-order valence-electron chi connectivity index (χ1n) is 8.82. The second-order valence-corrected chi connectivity index (χ2v) is 7.07. The molecule has 0 aliphatic rings. The monoisotopic (exact) mass is 397 g/mol. The van der Waals surface area contributed by atoms with Crippen molar-refractivity contribution in [1.82, 2.24) is 9.55 Å². The number of amides is 1. The van der Waals surface area contributed by atoms with E-state index in [1.807, 2.05) is 23.6 Å². The first-order chi connectivity index (χ1) is 13.5. The summed E-state index contributed by atoms with van der Waals surface area (Å²) in [6.07, 6.45) is 1.87. The Hall–Kier alpha value is -3.06. The van der Waals surface area contributed by atoms with Gasteiger partial charge in [0.1, 0.15) is 0 Å². The average molecular weight is 398 g/mol. The number of thiazole rings is 1. The Morgan fingerprint density at radius 2 is 2.07 bits per heavy atom. The summed E-state index contributed by atoms with van der Waals surface area (Å²) in [6, 6.07) is 9.31. The van der Waals surface area contributed by atoms with Crippen LogP contribution in [0.1, 0.15) is 11.4 Å². The number of anilines is 1. The van der Waals surface area contributed by atoms with Crippen LogP contribution < -0.4 is 14.8 Å². The molecule has 0 saturated heterocycles. The van der Waals surface area contributed by atoms with Gasteiger partial charge in [-0.2, -0.15) is 0 Å². The van der Waals surface area contributed by atoms with Crippen molar-refractivity contribution in [2.75, 3.05) is 19.0 Å². The fourth-order valence-corrected chi connectivity index (χ4v) is 3.69. The van der Waals surface area contributed by atoms with Crippen molar-refractivity contribution >= 4 is 22.4 Å². The number of nitrogens with one attached hydrogen (secondary N) is 1. The molecule has 2 aromatic heterocycles. The summed E-state index contributed by atoms with van der Waals surface area (Å²) >= 11 is 1.39. The Balaban J connectivity index is 1.65. The molecule has 7 heteroatoms. The maximum atomic E-state index is 12.2. The van der Waals surface area contributed by atoms with E-state index >= 15 is 0 Å². The van der Waals surface area contributed by atoms with Gasteiger partial charge in [-0.1, -0.05) is 18.2 Å². The van der Waals surface area contributed by atoms with Crippen molar-refractivity contribution < 1.29 is 14.3 Å². The Bertz CT molecular complexity index is 991. The molecule has 6 nitrogen and oxygen atoms in total. The van der Waals surface area contributed by atoms with Crippen LogP contribution in [0, 0.1) is 13.8 Å². The number of allylic oxidation sites excluding steroid dienone is 1. The number of carbonyl (C=O) groups is 1. The molecule has 0 spiro atoms. The number of carbonyl (C=O) groups excluding carboxylic acids is 1. The zero-order chi connectivity index (χ0) is 20.1. The van der Waals surface area contributed by atoms with Crippen LogP contribution in [0.2, 0.25) is 0 Å². The molecule has 0 unspecified atom stereocenters. The van der Waals surface area contributed by atoms with Crippen molar-refractivity contribution in [3.05, 3.63) is 59.8 Å². The number of nitrogens with zero attached hydrogens (tertiary/aromatic N) is 2. The topological polar surface area (TPSA) is 65.4 Å². The van der Waals surface area contributed by atoms with Crippen LogP contribution in [0.3, 0.4) is 0 Å². The third-order valence-electron chi connectivity index (χ3n) is 4.34. The number of rotatable bonds is 8. The molecular formula is C21H23N3O3S. The molecule has 0 saturated carbocycles. The number of ether oxygens (including phenoxy) is 2. The van der Waals surface area contributed by atoms with E-state index < -0.39 is 0 Å². The lowest BCUT2D eigenvalue weighted by atomic mass is 10.2. The van der Waals surface area contributed by atoms with Crippen LogP contribution in [0.15, 0.2) is 48.4 Å². The molecule has 0 radical (unpaired) electrons. The molecule has 3 aromatic rings. The van der Waals surface area contributed by atoms with Crippen LogP contribution in [0.5, 0.6) is 11.5 Å². The number of para-hydroxylation sites is 2. The summed E-state index contributed by atoms with van der Waals surface area (Å²) in [5, 5.41) is 5.27. The molecule has 146 valence electrons. The van der Waals surface area contributed by atoms with Crippen molar-refractivity contribution in [2.45, 2.75) is 20.4 Å². The highest BCUT2D eigenvalue weighted by Gasteiger charge is 2.14. The number of hydrogen-bond acceptors (Lipinski definition) is 5. The Morgan fingerprint density at radius 3 is 2.79 bits per heavy atom. The molecule has 2 heterocycles. The van der Waals surface area contributed by atoms with Crippen LogP contribution in [0.4, 0.5) is 5.13 Å². The predicted molar refractivity (Wildman–Crippen MR) is 112 cm³/mol. The van der Waals surface area contributed by atoms with Gasteiger partial charge in [0.05, 0.1) is 12.8 Å². The lowest BCUT2D eigenvalue weighted by molar-refractivity contribution is -0.118. The van der Waals surface area contributed by atoms with E-state index in [0.717, 1.165) is 29.2 Å². The zero-order valence-corrected chi connectivity index (χ0v) is 17.0. The van der Waals surface area contributed by atoms with Crippen LogP contribution in [0.25, 0.3) is 11.3 Å². The number of aromatic nitrogens is 2. The maximum absolute atomic E-state index is 12.2. The summed E-state index contributed by atoms with van der Waals surface area (Å²) < 4.78 is 12.9. The van der Waals surface area contributed by atoms with Gasteiger partial charge in [0.15, 0.2) is 23.2 Å². The molecule has 1 amide bonds. The zero-order valence-electron chi connectivity index (χ0n) is 16.2. The van der Waals surface area contributed by atoms with Crippen LogP contribution in [-0.2, 0) is 11.3 Å². The highest BCUT2D eigenvalue weighted by Crippen LogP contribution is 2.30. The lowest BCUT2D eigenvalue weighted by Crippen LogP contribution is -2.20. The molecule has 1 N–H and O–H groups in total. The second-order valence-electron chi connectivity index (χ2n) is 6.21. The third kappa shape index (κ3) is 4.26. The van der Waals surface area contributed by atoms with Crippen molar-refractivity contribution in [1.29, 1.82) is 0 Å². The Morgan fingerprint density at radius 1 is 1.32 bits per heavy atom. The number of aryl methyl sites for hydroxylation is 1. The minimum atomic E-state index is -0.274. The van der Waals surface area contributed by atoms with Crippen molar-refractivity contribution in [2.24, 2.45) is 0 Å². The minimum Gasteiger partial charge on any atom is -0.493 e. The molecule has 1 aromatic carbocycles. The summed E-state index contributed by atoms with van der Waals surface area (Å²) in [7, 11) is 1.56. The summed E-state index contributed by atoms with van der Waals surface area (Å²) in [5.74, 6) is 0.834. The highest BCUT2D eigenvalue weighted by molar-refractivity contribution is 7.14. The van der Waals surface area contributed by atoms with E-state index in [1.54, 1.807) is 19.2 Å². The quantitative estimate of drug-likeness (QED) is 0.571. The minimum absolute atomic E-state index is 0.122. The van der Waals surface area contributed by atoms with Crippen LogP contribution in [-0.4, -0.2) is 29.2 Å². The predicted octanol–water partition coefficient (Wildman–Crippen LogP) is 4.44. The van der Waals surface area contributed by atoms with E-state index in [1.165, 1.54) is 11.3 Å². The van der Waals surface area contributed by atoms with Gasteiger partial charge in [0.2, 0.25) is 0 Å². The summed E-state index contributed by atoms with van der Waals surface area (Å²) in [5.41, 5.74) is 4.17. The molecule has 0 bridgehead atoms. The molecular weight excluding hydrogens is 374 g/mol. The van der Waals surface area contributed by atoms with Gasteiger partial charge in [0, 0.05) is 28.9 Å². The molecule has 28 heavy (non-hydrogen) atoms. The highest BCUT2D eigenvalue weighted by atomic mass is 32.1. The van der Waals surface area contributed by atoms with Gasteiger partial charge in [-0.3, -0.25) is 10.1 Å². The molecule has 0 aliphatic carbocycles. The van der Waals surface area contributed by atoms with Crippen molar-refractivity contribution in [3.63, 3.8) is 0 Å². The molecule has 0 atom stereocenters. The van der Waals surface area contributed by atoms with Crippen molar-refractivity contribution in [3.8, 4) is 22.8 Å². The van der Waals surface area contributed by atoms with E-state index in [0.29, 0.717) is 16.6 Å². The number of hydrogen-bond donors (Lipinski definition) is 1. The molecule has 3 rings (SSSR count). The van der Waals surface area contributed by atoms with E-state index in [4.69, 9.17) is 9.47 Å². The first kappa shape index (κ1) is 19.7. The summed E-state index contributed by atoms with van der Waals surface area (Å²) in [4.78, 5) is 16.8. The van der Waals surface area contributed by atoms with Gasteiger partial charge in [-0.15, -0.1) is 17.9 Å². The SMILES string of the molecule is C=CCn1c(C)cc(-c2csc(NC(=O)COc3ccccc3OC)n2)c1C. The van der Waals surface area contributed by atoms with Gasteiger partial charge in [0.25, 0.3) is 5.91 Å². The van der Waals surface area contributed by atoms with Gasteiger partial charge in [-0.05, 0) is 32.0 Å². The fourth-order valence-electron chi connectivity index (χ4n) is 2.96. The number of benzene rings is 1. The number of methoxy groups -OCH3 is 1. The Kier molecular flexibility index (Phi) is 6.16. The molecule has 0 fully saturated rings. The molecule has 0 aliphatic heterocycles. The lowest BCUT2D eigenvalue weighted by Gasteiger charge is -2.09. The standard InChI is InChI=1S/C21H23N3O3S/c1-5-10-24-14(2)11-16(15(24)3)17-13-28-21(22-17)23-20(25)12-27-19-9-7-6-8-18(19)26-4/h5-9,11,13H,1,10,12H2,2-4H3,(H,22,23,25). The van der Waals surface area contributed by atoms with E-state index in [2.05, 4.69) is 41.4 Å². The first-order valence-corrected chi connectivity index (χ1v) is 9.70. The van der Waals surface area contributed by atoms with Crippen LogP contribution >= 0.6 is 11.3 Å². The van der Waals surface area contributed by atoms with E-state index in [-0.39, 0.29) is 12.5 Å². The summed E-state index contributed by atoms with van der Waals surface area (Å²) in [6.45, 7) is 8.56. The smallest absolute Gasteiger partial charge is 0.264 e. The van der Waals surface area contributed by atoms with Gasteiger partial charge >= 0.3 is 0 Å². The fraction of sp³-hybridized carbons (Fsp3) is 0.238. The van der Waals surface area contributed by atoms with E-state index in [9.17, 15) is 4.79 Å². The van der Waals surface area contributed by atoms with Gasteiger partial charge in [-0.25, -0.2) is 4.98 Å². The maximum Gasteiger partial charge on any atom is 0.264 e. The van der Waals surface area contributed by atoms with Gasteiger partial charge < -0.3 is 14.0 Å². The average Bonchev–Trinajstić information content (AvgIpc) is 3.26. The third-order valence-corrected chi connectivity index (χ3v) is 5.10. The largest absolute Gasteiger partial charge is 0.493 e. The Labute approximate surface area is 168 Å².